The molecule has 2 aliphatic rings. The molecule has 3 N–H and O–H groups in total. The van der Waals surface area contributed by atoms with Crippen LogP contribution in [0.2, 0.25) is 0 Å². The van der Waals surface area contributed by atoms with E-state index in [0.717, 1.165) is 6.42 Å². The second-order valence-electron chi connectivity index (χ2n) is 6.88. The van der Waals surface area contributed by atoms with Crippen molar-refractivity contribution in [3.05, 3.63) is 0 Å². The lowest BCUT2D eigenvalue weighted by Crippen LogP contribution is -2.63. The Bertz CT molecular complexity index is 457. The first-order valence-corrected chi connectivity index (χ1v) is 7.51. The third-order valence-corrected chi connectivity index (χ3v) is 4.64. The third-order valence-electron chi connectivity index (χ3n) is 4.64. The lowest BCUT2D eigenvalue weighted by Gasteiger charge is -2.40. The summed E-state index contributed by atoms with van der Waals surface area (Å²) in [6.45, 7) is 3.92. The molecule has 1 heterocycles. The summed E-state index contributed by atoms with van der Waals surface area (Å²) in [5.74, 6) is -0.371. The van der Waals surface area contributed by atoms with Gasteiger partial charge < -0.3 is 16.0 Å². The van der Waals surface area contributed by atoms with Crippen LogP contribution in [0.15, 0.2) is 0 Å². The number of carbonyl (C=O) groups excluding carboxylic acids is 2. The molecule has 1 aliphatic heterocycles. The fourth-order valence-corrected chi connectivity index (χ4v) is 3.15. The molecule has 0 aromatic heterocycles. The van der Waals surface area contributed by atoms with Gasteiger partial charge >= 0.3 is 12.2 Å². The summed E-state index contributed by atoms with van der Waals surface area (Å²) in [5.41, 5.74) is -2.72. The zero-order valence-electron chi connectivity index (χ0n) is 12.8. The highest BCUT2D eigenvalue weighted by Crippen LogP contribution is 2.41. The van der Waals surface area contributed by atoms with E-state index in [1.807, 2.05) is 0 Å². The average molecular weight is 321 g/mol. The van der Waals surface area contributed by atoms with Gasteiger partial charge in [0.25, 0.3) is 0 Å². The molecule has 8 heteroatoms. The Kier molecular flexibility index (Phi) is 4.32. The second-order valence-corrected chi connectivity index (χ2v) is 6.88. The molecule has 5 nitrogen and oxygen atoms in total. The van der Waals surface area contributed by atoms with Crippen molar-refractivity contribution < 1.29 is 22.8 Å². The van der Waals surface area contributed by atoms with Crippen LogP contribution in [0, 0.1) is 5.41 Å². The lowest BCUT2D eigenvalue weighted by atomic mass is 9.81. The normalized spacial score (nSPS) is 27.1. The number of halogens is 3. The molecule has 1 atom stereocenters. The average Bonchev–Trinajstić information content (AvgIpc) is 2.65. The molecule has 1 aliphatic carbocycles. The number of alkyl halides is 3. The number of hydrogen-bond acceptors (Lipinski definition) is 2. The van der Waals surface area contributed by atoms with Crippen molar-refractivity contribution in [2.24, 2.45) is 5.41 Å². The van der Waals surface area contributed by atoms with Crippen LogP contribution in [0.3, 0.4) is 0 Å². The van der Waals surface area contributed by atoms with Crippen LogP contribution < -0.4 is 16.0 Å². The topological polar surface area (TPSA) is 70.2 Å². The van der Waals surface area contributed by atoms with E-state index >= 15 is 0 Å². The molecular formula is C14H22F3N3O2. The minimum absolute atomic E-state index is 0.121. The molecule has 0 bridgehead atoms. The van der Waals surface area contributed by atoms with Gasteiger partial charge in [0, 0.05) is 12.0 Å². The standard InChI is InChI=1S/C14H22F3N3O2/c1-12(2)8-18-10(21)9(12)19-11(22)20-13(14(15,16)17)6-4-3-5-7-13/h9H,3-8H2,1-2H3,(H,18,21)(H2,19,20,22). The van der Waals surface area contributed by atoms with E-state index in [2.05, 4.69) is 16.0 Å². The summed E-state index contributed by atoms with van der Waals surface area (Å²) in [4.78, 5) is 23.8. The molecule has 126 valence electrons. The van der Waals surface area contributed by atoms with Gasteiger partial charge in [-0.15, -0.1) is 0 Å². The molecule has 0 radical (unpaired) electrons. The third kappa shape index (κ3) is 3.15. The predicted molar refractivity (Wildman–Crippen MR) is 74.1 cm³/mol. The number of nitrogens with one attached hydrogen (secondary N) is 3. The molecule has 0 aromatic rings. The summed E-state index contributed by atoms with van der Waals surface area (Å²) in [5, 5.41) is 7.11. The second kappa shape index (κ2) is 5.62. The lowest BCUT2D eigenvalue weighted by molar-refractivity contribution is -0.201. The van der Waals surface area contributed by atoms with E-state index in [4.69, 9.17) is 0 Å². The fraction of sp³-hybridized carbons (Fsp3) is 0.857. The van der Waals surface area contributed by atoms with Crippen LogP contribution in [0.4, 0.5) is 18.0 Å². The molecule has 1 saturated heterocycles. The van der Waals surface area contributed by atoms with Crippen LogP contribution >= 0.6 is 0 Å². The van der Waals surface area contributed by atoms with Gasteiger partial charge in [-0.05, 0) is 12.8 Å². The van der Waals surface area contributed by atoms with Gasteiger partial charge in [-0.1, -0.05) is 33.1 Å². The van der Waals surface area contributed by atoms with E-state index in [-0.39, 0.29) is 18.7 Å². The van der Waals surface area contributed by atoms with Gasteiger partial charge in [-0.25, -0.2) is 4.79 Å². The Balaban J connectivity index is 2.07. The van der Waals surface area contributed by atoms with Crippen LogP contribution in [0.1, 0.15) is 46.0 Å². The highest BCUT2D eigenvalue weighted by Gasteiger charge is 2.56. The van der Waals surface area contributed by atoms with Crippen molar-refractivity contribution in [3.63, 3.8) is 0 Å². The molecule has 3 amide bonds. The number of carbonyl (C=O) groups is 2. The van der Waals surface area contributed by atoms with E-state index in [0.29, 0.717) is 19.4 Å². The molecule has 2 fully saturated rings. The van der Waals surface area contributed by atoms with E-state index in [1.165, 1.54) is 0 Å². The van der Waals surface area contributed by atoms with Crippen LogP contribution in [0.5, 0.6) is 0 Å². The minimum Gasteiger partial charge on any atom is -0.354 e. The van der Waals surface area contributed by atoms with Crippen LogP contribution in [-0.2, 0) is 4.79 Å². The van der Waals surface area contributed by atoms with Crippen molar-refractivity contribution in [2.75, 3.05) is 6.54 Å². The highest BCUT2D eigenvalue weighted by molar-refractivity contribution is 5.89. The van der Waals surface area contributed by atoms with Gasteiger partial charge in [0.05, 0.1) is 0 Å². The minimum atomic E-state index is -4.50. The monoisotopic (exact) mass is 321 g/mol. The maximum Gasteiger partial charge on any atom is 0.411 e. The maximum absolute atomic E-state index is 13.4. The van der Waals surface area contributed by atoms with Gasteiger partial charge in [-0.3, -0.25) is 4.79 Å². The van der Waals surface area contributed by atoms with Gasteiger partial charge in [0.2, 0.25) is 5.91 Å². The summed E-state index contributed by atoms with van der Waals surface area (Å²) in [7, 11) is 0. The zero-order valence-corrected chi connectivity index (χ0v) is 12.8. The maximum atomic E-state index is 13.4. The number of rotatable bonds is 2. The Hall–Kier alpha value is -1.47. The summed E-state index contributed by atoms with van der Waals surface area (Å²) >= 11 is 0. The molecule has 0 spiro atoms. The Morgan fingerprint density at radius 1 is 1.23 bits per heavy atom. The van der Waals surface area contributed by atoms with Crippen molar-refractivity contribution in [1.82, 2.24) is 16.0 Å². The Labute approximate surface area is 127 Å². The smallest absolute Gasteiger partial charge is 0.354 e. The van der Waals surface area contributed by atoms with Crippen LogP contribution in [-0.4, -0.2) is 36.2 Å². The zero-order chi connectivity index (χ0) is 16.6. The van der Waals surface area contributed by atoms with Gasteiger partial charge in [0.1, 0.15) is 11.6 Å². The summed E-state index contributed by atoms with van der Waals surface area (Å²) in [6.07, 6.45) is -3.16. The first-order valence-electron chi connectivity index (χ1n) is 7.51. The number of hydrogen-bond donors (Lipinski definition) is 3. The van der Waals surface area contributed by atoms with Crippen molar-refractivity contribution in [3.8, 4) is 0 Å². The summed E-state index contributed by atoms with van der Waals surface area (Å²) < 4.78 is 40.1. The molecule has 0 aromatic carbocycles. The van der Waals surface area contributed by atoms with Gasteiger partial charge in [0.15, 0.2) is 0 Å². The van der Waals surface area contributed by atoms with E-state index < -0.39 is 29.2 Å². The quantitative estimate of drug-likeness (QED) is 0.729. The van der Waals surface area contributed by atoms with Crippen molar-refractivity contribution in [2.45, 2.75) is 63.7 Å². The summed E-state index contributed by atoms with van der Waals surface area (Å²) in [6, 6.07) is -1.77. The van der Waals surface area contributed by atoms with E-state index in [9.17, 15) is 22.8 Å². The van der Waals surface area contributed by atoms with Crippen LogP contribution in [0.25, 0.3) is 0 Å². The Morgan fingerprint density at radius 2 is 1.82 bits per heavy atom. The molecule has 2 rings (SSSR count). The first kappa shape index (κ1) is 16.9. The largest absolute Gasteiger partial charge is 0.411 e. The highest BCUT2D eigenvalue weighted by atomic mass is 19.4. The molecule has 22 heavy (non-hydrogen) atoms. The number of amides is 3. The van der Waals surface area contributed by atoms with E-state index in [1.54, 1.807) is 13.8 Å². The Morgan fingerprint density at radius 3 is 2.27 bits per heavy atom. The first-order chi connectivity index (χ1) is 10.1. The van der Waals surface area contributed by atoms with Gasteiger partial charge in [-0.2, -0.15) is 13.2 Å². The number of urea groups is 1. The fourth-order valence-electron chi connectivity index (χ4n) is 3.15. The van der Waals surface area contributed by atoms with Crippen molar-refractivity contribution in [1.29, 1.82) is 0 Å². The molecule has 1 saturated carbocycles. The molecular weight excluding hydrogens is 299 g/mol. The molecule has 1 unspecified atom stereocenters. The SMILES string of the molecule is CC1(C)CNC(=O)C1NC(=O)NC1(C(F)(F)F)CCCCC1. The van der Waals surface area contributed by atoms with Crippen molar-refractivity contribution >= 4 is 11.9 Å². The predicted octanol–water partition coefficient (Wildman–Crippen LogP) is 2.08.